The molecule has 0 unspecified atom stereocenters. The first-order chi connectivity index (χ1) is 10.3. The van der Waals surface area contributed by atoms with Crippen LogP contribution in [0.4, 0.5) is 5.69 Å². The molecule has 0 N–H and O–H groups in total. The molecule has 0 aliphatic rings. The zero-order valence-corrected chi connectivity index (χ0v) is 13.1. The second-order valence-corrected chi connectivity index (χ2v) is 7.04. The van der Waals surface area contributed by atoms with Crippen molar-refractivity contribution in [2.45, 2.75) is 18.4 Å². The maximum atomic E-state index is 12.4. The van der Waals surface area contributed by atoms with Gasteiger partial charge in [-0.1, -0.05) is 29.8 Å². The molecule has 0 bridgehead atoms. The summed E-state index contributed by atoms with van der Waals surface area (Å²) in [5, 5.41) is 10.6. The van der Waals surface area contributed by atoms with Crippen molar-refractivity contribution in [1.82, 2.24) is 4.31 Å². The molecular weight excluding hydrogens is 304 g/mol. The van der Waals surface area contributed by atoms with Gasteiger partial charge in [-0.25, -0.2) is 8.42 Å². The summed E-state index contributed by atoms with van der Waals surface area (Å²) >= 11 is 0. The number of rotatable bonds is 5. The fourth-order valence-electron chi connectivity index (χ4n) is 1.96. The third-order valence-electron chi connectivity index (χ3n) is 3.28. The zero-order valence-electron chi connectivity index (χ0n) is 12.3. The summed E-state index contributed by atoms with van der Waals surface area (Å²) in [6.45, 7) is 2.03. The maximum Gasteiger partial charge on any atom is 0.269 e. The highest BCUT2D eigenvalue weighted by Gasteiger charge is 2.20. The van der Waals surface area contributed by atoms with E-state index in [0.717, 1.165) is 5.56 Å². The Labute approximate surface area is 129 Å². The Kier molecular flexibility index (Phi) is 4.58. The van der Waals surface area contributed by atoms with Crippen LogP contribution in [0.3, 0.4) is 0 Å². The van der Waals surface area contributed by atoms with Gasteiger partial charge in [0, 0.05) is 25.7 Å². The smallest absolute Gasteiger partial charge is 0.258 e. The minimum absolute atomic E-state index is 0.0206. The Morgan fingerprint density at radius 2 is 1.59 bits per heavy atom. The molecule has 0 saturated carbocycles. The molecule has 2 rings (SSSR count). The van der Waals surface area contributed by atoms with Crippen molar-refractivity contribution in [2.75, 3.05) is 7.05 Å². The average molecular weight is 320 g/mol. The van der Waals surface area contributed by atoms with Crippen LogP contribution in [0.5, 0.6) is 0 Å². The number of nitro groups is 1. The van der Waals surface area contributed by atoms with Crippen LogP contribution >= 0.6 is 0 Å². The summed E-state index contributed by atoms with van der Waals surface area (Å²) in [5.74, 6) is 0. The highest BCUT2D eigenvalue weighted by atomic mass is 32.2. The van der Waals surface area contributed by atoms with Gasteiger partial charge in [0.2, 0.25) is 10.0 Å². The highest BCUT2D eigenvalue weighted by molar-refractivity contribution is 7.89. The van der Waals surface area contributed by atoms with E-state index in [1.54, 1.807) is 36.4 Å². The van der Waals surface area contributed by atoms with Gasteiger partial charge < -0.3 is 0 Å². The summed E-state index contributed by atoms with van der Waals surface area (Å²) < 4.78 is 26.1. The molecule has 0 aliphatic heterocycles. The largest absolute Gasteiger partial charge is 0.269 e. The van der Waals surface area contributed by atoms with E-state index in [1.807, 2.05) is 6.92 Å². The van der Waals surface area contributed by atoms with Gasteiger partial charge in [-0.05, 0) is 24.6 Å². The lowest BCUT2D eigenvalue weighted by atomic mass is 10.2. The van der Waals surface area contributed by atoms with Gasteiger partial charge in [-0.15, -0.1) is 0 Å². The molecule has 0 fully saturated rings. The van der Waals surface area contributed by atoms with E-state index >= 15 is 0 Å². The predicted octanol–water partition coefficient (Wildman–Crippen LogP) is 2.72. The lowest BCUT2D eigenvalue weighted by Crippen LogP contribution is -2.26. The third-order valence-corrected chi connectivity index (χ3v) is 5.10. The van der Waals surface area contributed by atoms with E-state index in [2.05, 4.69) is 0 Å². The van der Waals surface area contributed by atoms with Crippen molar-refractivity contribution in [1.29, 1.82) is 0 Å². The van der Waals surface area contributed by atoms with E-state index < -0.39 is 14.9 Å². The molecule has 2 aromatic carbocycles. The summed E-state index contributed by atoms with van der Waals surface area (Å²) in [7, 11) is -2.10. The summed E-state index contributed by atoms with van der Waals surface area (Å²) in [4.78, 5) is 10.3. The SMILES string of the molecule is Cc1ccc(S(=O)(=O)N(C)Cc2ccc([N+](=O)[O-])cc2)cc1. The zero-order chi connectivity index (χ0) is 16.3. The van der Waals surface area contributed by atoms with Gasteiger partial charge in [0.25, 0.3) is 5.69 Å². The van der Waals surface area contributed by atoms with Crippen molar-refractivity contribution in [3.05, 3.63) is 69.8 Å². The van der Waals surface area contributed by atoms with Crippen LogP contribution < -0.4 is 0 Å². The van der Waals surface area contributed by atoms with Gasteiger partial charge in [-0.3, -0.25) is 10.1 Å². The van der Waals surface area contributed by atoms with Crippen molar-refractivity contribution in [2.24, 2.45) is 0 Å². The molecule has 7 heteroatoms. The standard InChI is InChI=1S/C15H16N2O4S/c1-12-3-9-15(10-4-12)22(20,21)16(2)11-13-5-7-14(8-6-13)17(18)19/h3-10H,11H2,1-2H3. The van der Waals surface area contributed by atoms with Crippen LogP contribution in [0.15, 0.2) is 53.4 Å². The van der Waals surface area contributed by atoms with Crippen molar-refractivity contribution in [3.8, 4) is 0 Å². The van der Waals surface area contributed by atoms with Gasteiger partial charge >= 0.3 is 0 Å². The quantitative estimate of drug-likeness (QED) is 0.626. The summed E-state index contributed by atoms with van der Waals surface area (Å²) in [5.41, 5.74) is 1.65. The molecule has 22 heavy (non-hydrogen) atoms. The van der Waals surface area contributed by atoms with Crippen LogP contribution in [0.1, 0.15) is 11.1 Å². The summed E-state index contributed by atoms with van der Waals surface area (Å²) in [6, 6.07) is 12.5. The number of non-ortho nitro benzene ring substituents is 1. The Hall–Kier alpha value is -2.25. The van der Waals surface area contributed by atoms with E-state index in [9.17, 15) is 18.5 Å². The number of nitrogens with zero attached hydrogens (tertiary/aromatic N) is 2. The number of hydrogen-bond donors (Lipinski definition) is 0. The molecule has 0 radical (unpaired) electrons. The molecule has 2 aromatic rings. The first-order valence-corrected chi connectivity index (χ1v) is 8.01. The minimum atomic E-state index is -3.58. The third kappa shape index (κ3) is 3.49. The van der Waals surface area contributed by atoms with Gasteiger partial charge in [0.05, 0.1) is 9.82 Å². The van der Waals surface area contributed by atoms with Crippen molar-refractivity contribution < 1.29 is 13.3 Å². The Balaban J connectivity index is 2.18. The minimum Gasteiger partial charge on any atom is -0.258 e. The van der Waals surface area contributed by atoms with Crippen LogP contribution in [0, 0.1) is 17.0 Å². The molecule has 0 saturated heterocycles. The molecule has 116 valence electrons. The molecule has 0 spiro atoms. The van der Waals surface area contributed by atoms with E-state index in [0.29, 0.717) is 5.56 Å². The Bertz CT molecular complexity index is 768. The lowest BCUT2D eigenvalue weighted by Gasteiger charge is -2.17. The Morgan fingerprint density at radius 1 is 1.05 bits per heavy atom. The maximum absolute atomic E-state index is 12.4. The molecular formula is C15H16N2O4S. The van der Waals surface area contributed by atoms with E-state index in [1.165, 1.54) is 23.5 Å². The van der Waals surface area contributed by atoms with Gasteiger partial charge in [0.15, 0.2) is 0 Å². The molecule has 0 atom stereocenters. The second-order valence-electron chi connectivity index (χ2n) is 5.00. The number of sulfonamides is 1. The van der Waals surface area contributed by atoms with E-state index in [-0.39, 0.29) is 17.1 Å². The number of nitro benzene ring substituents is 1. The molecule has 0 aromatic heterocycles. The first kappa shape index (κ1) is 16.1. The summed E-state index contributed by atoms with van der Waals surface area (Å²) in [6.07, 6.45) is 0. The second kappa shape index (κ2) is 6.25. The van der Waals surface area contributed by atoms with Crippen LogP contribution in [-0.4, -0.2) is 24.7 Å². The Morgan fingerprint density at radius 3 is 2.09 bits per heavy atom. The first-order valence-electron chi connectivity index (χ1n) is 6.57. The molecule has 0 amide bonds. The van der Waals surface area contributed by atoms with Crippen LogP contribution in [0.2, 0.25) is 0 Å². The van der Waals surface area contributed by atoms with Crippen molar-refractivity contribution in [3.63, 3.8) is 0 Å². The fourth-order valence-corrected chi connectivity index (χ4v) is 3.11. The molecule has 0 aliphatic carbocycles. The fraction of sp³-hybridized carbons (Fsp3) is 0.200. The topological polar surface area (TPSA) is 80.5 Å². The lowest BCUT2D eigenvalue weighted by molar-refractivity contribution is -0.384. The van der Waals surface area contributed by atoms with Crippen LogP contribution in [-0.2, 0) is 16.6 Å². The predicted molar refractivity (Wildman–Crippen MR) is 82.9 cm³/mol. The van der Waals surface area contributed by atoms with Crippen molar-refractivity contribution >= 4 is 15.7 Å². The monoisotopic (exact) mass is 320 g/mol. The number of hydrogen-bond acceptors (Lipinski definition) is 4. The number of benzene rings is 2. The van der Waals surface area contributed by atoms with Gasteiger partial charge in [0.1, 0.15) is 0 Å². The number of aryl methyl sites for hydroxylation is 1. The van der Waals surface area contributed by atoms with Gasteiger partial charge in [-0.2, -0.15) is 4.31 Å². The average Bonchev–Trinajstić information content (AvgIpc) is 2.48. The normalized spacial score (nSPS) is 11.6. The molecule has 0 heterocycles. The molecule has 6 nitrogen and oxygen atoms in total. The van der Waals surface area contributed by atoms with E-state index in [4.69, 9.17) is 0 Å². The van der Waals surface area contributed by atoms with Crippen LogP contribution in [0.25, 0.3) is 0 Å². The highest BCUT2D eigenvalue weighted by Crippen LogP contribution is 2.18.